The quantitative estimate of drug-likeness (QED) is 0.0702. The molecule has 322 valence electrons. The van der Waals surface area contributed by atoms with Crippen molar-refractivity contribution in [3.63, 3.8) is 0 Å². The minimum atomic E-state index is -1.39. The molecule has 20 nitrogen and oxygen atoms in total. The molecule has 1 heterocycles. The molecule has 0 aliphatic carbocycles. The van der Waals surface area contributed by atoms with Gasteiger partial charge in [0.05, 0.1) is 108 Å². The minimum absolute atomic E-state index is 0.0221. The molecule has 5 amide bonds. The Morgan fingerprint density at radius 3 is 1.59 bits per heavy atom. The van der Waals surface area contributed by atoms with Crippen LogP contribution in [0.1, 0.15) is 48.4 Å². The molecule has 3 rings (SSSR count). The van der Waals surface area contributed by atoms with Crippen molar-refractivity contribution in [2.75, 3.05) is 75.9 Å². The standard InChI is InChI=1S/C33H41I5N6O14/c1-12(49)44(28-25(37)18(31(55)41-2-13(50)8-45)22(34)19(26(28)38)32(56)42-3-14(51)9-46)7-17-4-40-27-24(36)20(23(35)21(30(39)54)29(27)58-17)33(57)43(5-15(52)10-47)6-16(53)11-48/h13-17,40,45-48,50-53H,2-11H2,1H3,(H2,39,54)(H,41,55)(H,42,56). The van der Waals surface area contributed by atoms with Crippen LogP contribution in [-0.2, 0) is 4.79 Å². The number of carbonyl (C=O) groups is 5. The third-order valence-corrected chi connectivity index (χ3v) is 13.7. The average molecular weight is 1380 g/mol. The third-order valence-electron chi connectivity index (χ3n) is 8.36. The van der Waals surface area contributed by atoms with Gasteiger partial charge in [-0.1, -0.05) is 0 Å². The number of nitrogens with zero attached hydrogens (tertiary/aromatic N) is 2. The lowest BCUT2D eigenvalue weighted by molar-refractivity contribution is -0.116. The normalized spacial score (nSPS) is 15.5. The molecule has 0 aromatic heterocycles. The van der Waals surface area contributed by atoms with Crippen molar-refractivity contribution in [2.45, 2.75) is 37.4 Å². The zero-order valence-corrected chi connectivity index (χ0v) is 41.1. The molecule has 58 heavy (non-hydrogen) atoms. The van der Waals surface area contributed by atoms with Gasteiger partial charge in [0.15, 0.2) is 5.75 Å². The van der Waals surface area contributed by atoms with Crippen LogP contribution in [0.5, 0.6) is 5.75 Å². The Hall–Kier alpha value is -1.28. The number of carbonyl (C=O) groups excluding carboxylic acids is 5. The summed E-state index contributed by atoms with van der Waals surface area (Å²) in [6, 6.07) is 0. The van der Waals surface area contributed by atoms with Crippen LogP contribution in [0.25, 0.3) is 0 Å². The number of hydrogen-bond acceptors (Lipinski definition) is 15. The predicted molar refractivity (Wildman–Crippen MR) is 249 cm³/mol. The number of ether oxygens (including phenoxy) is 1. The van der Waals surface area contributed by atoms with Crippen LogP contribution >= 0.6 is 113 Å². The second-order valence-corrected chi connectivity index (χ2v) is 18.1. The van der Waals surface area contributed by atoms with Gasteiger partial charge in [-0.2, -0.15) is 0 Å². The Balaban J connectivity index is 2.17. The van der Waals surface area contributed by atoms with Gasteiger partial charge in [0.25, 0.3) is 23.6 Å². The van der Waals surface area contributed by atoms with E-state index in [0.717, 1.165) is 4.90 Å². The summed E-state index contributed by atoms with van der Waals surface area (Å²) < 4.78 is 7.28. The summed E-state index contributed by atoms with van der Waals surface area (Å²) in [5, 5.41) is 85.7. The SMILES string of the molecule is CC(=O)N(CC1CNc2c(I)c(C(=O)N(CC(O)CO)CC(O)CO)c(I)c(C(N)=O)c2O1)c1c(I)c(C(=O)NCC(O)CO)c(I)c(C(=O)NCC(O)CO)c1I. The van der Waals surface area contributed by atoms with Crippen LogP contribution in [0.2, 0.25) is 0 Å². The fourth-order valence-electron chi connectivity index (χ4n) is 5.50. The molecule has 1 aliphatic rings. The van der Waals surface area contributed by atoms with Crippen molar-refractivity contribution >= 4 is 154 Å². The zero-order chi connectivity index (χ0) is 43.8. The molecule has 0 radical (unpaired) electrons. The third kappa shape index (κ3) is 12.2. The fraction of sp³-hybridized carbons (Fsp3) is 0.485. The number of anilines is 2. The summed E-state index contributed by atoms with van der Waals surface area (Å²) in [5.74, 6) is -3.83. The summed E-state index contributed by atoms with van der Waals surface area (Å²) in [7, 11) is 0. The van der Waals surface area contributed by atoms with Crippen LogP contribution in [0.4, 0.5) is 11.4 Å². The molecule has 5 unspecified atom stereocenters. The first-order valence-electron chi connectivity index (χ1n) is 17.0. The Morgan fingerprint density at radius 1 is 0.724 bits per heavy atom. The van der Waals surface area contributed by atoms with Crippen LogP contribution in [0, 0.1) is 17.9 Å². The number of primary amides is 1. The maximum atomic E-state index is 14.0. The van der Waals surface area contributed by atoms with Gasteiger partial charge in [-0.05, 0) is 113 Å². The first kappa shape index (κ1) is 51.1. The molecular formula is C33H41I5N6O14. The van der Waals surface area contributed by atoms with E-state index in [9.17, 15) is 64.8 Å². The van der Waals surface area contributed by atoms with E-state index >= 15 is 0 Å². The van der Waals surface area contributed by atoms with Crippen LogP contribution in [0.3, 0.4) is 0 Å². The second kappa shape index (κ2) is 23.2. The Bertz CT molecular complexity index is 1830. The summed E-state index contributed by atoms with van der Waals surface area (Å²) in [5.41, 5.74) is 5.83. The number of benzene rings is 2. The van der Waals surface area contributed by atoms with E-state index in [2.05, 4.69) is 16.0 Å². The second-order valence-electron chi connectivity index (χ2n) is 12.7. The van der Waals surface area contributed by atoms with Gasteiger partial charge in [0.1, 0.15) is 6.10 Å². The minimum Gasteiger partial charge on any atom is -0.484 e. The number of amides is 5. The highest BCUT2D eigenvalue weighted by atomic mass is 127. The topological polar surface area (TPSA) is 325 Å². The van der Waals surface area contributed by atoms with E-state index in [1.165, 1.54) is 11.8 Å². The molecule has 2 aromatic carbocycles. The van der Waals surface area contributed by atoms with E-state index in [4.69, 9.17) is 10.5 Å². The van der Waals surface area contributed by atoms with E-state index < -0.39 is 99.6 Å². The smallest absolute Gasteiger partial charge is 0.256 e. The summed E-state index contributed by atoms with van der Waals surface area (Å²) in [6.45, 7) is -3.23. The molecule has 2 aromatic rings. The Morgan fingerprint density at radius 2 is 1.17 bits per heavy atom. The highest BCUT2D eigenvalue weighted by Gasteiger charge is 2.38. The molecule has 0 bridgehead atoms. The highest BCUT2D eigenvalue weighted by Crippen LogP contribution is 2.44. The van der Waals surface area contributed by atoms with E-state index in [-0.39, 0.29) is 83.4 Å². The molecule has 0 saturated heterocycles. The Kier molecular flexibility index (Phi) is 20.5. The predicted octanol–water partition coefficient (Wildman–Crippen LogP) is -1.65. The number of halogens is 5. The molecule has 13 N–H and O–H groups in total. The maximum absolute atomic E-state index is 14.0. The van der Waals surface area contributed by atoms with Gasteiger partial charge in [-0.25, -0.2) is 0 Å². The van der Waals surface area contributed by atoms with Crippen molar-refractivity contribution in [1.82, 2.24) is 15.5 Å². The summed E-state index contributed by atoms with van der Waals surface area (Å²) in [4.78, 5) is 70.1. The number of nitrogens with one attached hydrogen (secondary N) is 3. The maximum Gasteiger partial charge on any atom is 0.256 e. The first-order chi connectivity index (χ1) is 27.2. The van der Waals surface area contributed by atoms with E-state index in [1.807, 2.05) is 67.8 Å². The van der Waals surface area contributed by atoms with Gasteiger partial charge in [0.2, 0.25) is 5.91 Å². The molecule has 0 saturated carbocycles. The van der Waals surface area contributed by atoms with Crippen LogP contribution in [0.15, 0.2) is 0 Å². The van der Waals surface area contributed by atoms with Gasteiger partial charge >= 0.3 is 0 Å². The number of fused-ring (bicyclic) bond motifs is 1. The first-order valence-corrected chi connectivity index (χ1v) is 22.4. The monoisotopic (exact) mass is 1380 g/mol. The van der Waals surface area contributed by atoms with Gasteiger partial charge in [-0.3, -0.25) is 24.0 Å². The van der Waals surface area contributed by atoms with Gasteiger partial charge in [0, 0.05) is 40.2 Å². The number of nitrogens with two attached hydrogens (primary N) is 1. The van der Waals surface area contributed by atoms with Crippen molar-refractivity contribution < 1.29 is 69.6 Å². The molecule has 1 aliphatic heterocycles. The van der Waals surface area contributed by atoms with Gasteiger partial charge in [-0.15, -0.1) is 0 Å². The zero-order valence-electron chi connectivity index (χ0n) is 30.3. The Labute approximate surface area is 399 Å². The molecular weight excluding hydrogens is 1340 g/mol. The molecule has 5 atom stereocenters. The highest BCUT2D eigenvalue weighted by molar-refractivity contribution is 14.1. The van der Waals surface area contributed by atoms with E-state index in [1.54, 1.807) is 45.2 Å². The summed E-state index contributed by atoms with van der Waals surface area (Å²) >= 11 is 9.11. The van der Waals surface area contributed by atoms with Crippen LogP contribution < -0.4 is 31.3 Å². The number of aliphatic hydroxyl groups excluding tert-OH is 8. The lowest BCUT2D eigenvalue weighted by Gasteiger charge is -2.35. The summed E-state index contributed by atoms with van der Waals surface area (Å²) in [6.07, 6.45) is -6.29. The number of aliphatic hydroxyl groups is 8. The van der Waals surface area contributed by atoms with Gasteiger partial charge < -0.3 is 77.1 Å². The van der Waals surface area contributed by atoms with Crippen LogP contribution in [-0.4, -0.2) is 172 Å². The van der Waals surface area contributed by atoms with Crippen molar-refractivity contribution in [1.29, 1.82) is 0 Å². The largest absolute Gasteiger partial charge is 0.484 e. The molecule has 0 spiro atoms. The van der Waals surface area contributed by atoms with E-state index in [0.29, 0.717) is 0 Å². The molecule has 25 heteroatoms. The van der Waals surface area contributed by atoms with Crippen molar-refractivity contribution in [2.24, 2.45) is 5.73 Å². The fourth-order valence-corrected chi connectivity index (χ4v) is 12.7. The lowest BCUT2D eigenvalue weighted by Crippen LogP contribution is -2.46. The number of rotatable bonds is 19. The molecule has 0 fully saturated rings. The van der Waals surface area contributed by atoms with Crippen molar-refractivity contribution in [3.8, 4) is 5.75 Å². The van der Waals surface area contributed by atoms with Crippen molar-refractivity contribution in [3.05, 3.63) is 40.1 Å². The number of hydrogen-bond donors (Lipinski definition) is 12. The lowest BCUT2D eigenvalue weighted by atomic mass is 10.0. The average Bonchev–Trinajstić information content (AvgIpc) is 3.17.